The molecule has 0 spiro atoms. The number of halogens is 3. The number of benzene rings is 2. The number of aromatic nitrogens is 1. The quantitative estimate of drug-likeness (QED) is 0.386. The zero-order valence-corrected chi connectivity index (χ0v) is 17.8. The third kappa shape index (κ3) is 7.37. The first-order valence-electron chi connectivity index (χ1n) is 9.59. The van der Waals surface area contributed by atoms with E-state index in [0.29, 0.717) is 30.7 Å². The second-order valence-corrected chi connectivity index (χ2v) is 7.64. The third-order valence-corrected chi connectivity index (χ3v) is 5.15. The summed E-state index contributed by atoms with van der Waals surface area (Å²) in [5.74, 6) is 0.481. The van der Waals surface area contributed by atoms with Gasteiger partial charge in [0.1, 0.15) is 5.01 Å². The Kier molecular flexibility index (Phi) is 8.02. The number of hydrogen-bond donors (Lipinski definition) is 2. The highest BCUT2D eigenvalue weighted by molar-refractivity contribution is 7.09. The highest BCUT2D eigenvalue weighted by atomic mass is 32.1. The summed E-state index contributed by atoms with van der Waals surface area (Å²) < 4.78 is 43.7. The lowest BCUT2D eigenvalue weighted by Gasteiger charge is -2.12. The molecule has 0 saturated carbocycles. The zero-order chi connectivity index (χ0) is 22.1. The molecule has 0 fully saturated rings. The van der Waals surface area contributed by atoms with E-state index in [-0.39, 0.29) is 6.54 Å². The van der Waals surface area contributed by atoms with Crippen LogP contribution in [0.25, 0.3) is 0 Å². The molecular weight excluding hydrogens is 425 g/mol. The fraction of sp³-hybridized carbons (Fsp3) is 0.273. The standard InChI is InChI=1S/C22H23F3N4OS/c1-26-21(28-12-20-29-19(15-31-20)22(23,24)25)27-11-17-8-5-9-18(10-17)14-30-13-16-6-3-2-4-7-16/h2-10,15H,11-14H2,1H3,(H2,26,27,28). The smallest absolute Gasteiger partial charge is 0.372 e. The summed E-state index contributed by atoms with van der Waals surface area (Å²) in [4.78, 5) is 7.71. The van der Waals surface area contributed by atoms with Crippen LogP contribution in [0.5, 0.6) is 0 Å². The van der Waals surface area contributed by atoms with Crippen molar-refractivity contribution in [3.8, 4) is 0 Å². The van der Waals surface area contributed by atoms with Gasteiger partial charge in [0.05, 0.1) is 19.8 Å². The molecule has 1 aromatic heterocycles. The molecule has 1 heterocycles. The van der Waals surface area contributed by atoms with Crippen LogP contribution in [0, 0.1) is 0 Å². The average Bonchev–Trinajstić information content (AvgIpc) is 3.25. The number of thiazole rings is 1. The van der Waals surface area contributed by atoms with Gasteiger partial charge in [-0.15, -0.1) is 11.3 Å². The van der Waals surface area contributed by atoms with Crippen LogP contribution in [-0.2, 0) is 37.2 Å². The van der Waals surface area contributed by atoms with Crippen LogP contribution in [0.2, 0.25) is 0 Å². The van der Waals surface area contributed by atoms with Crippen molar-refractivity contribution in [1.29, 1.82) is 0 Å². The van der Waals surface area contributed by atoms with Crippen molar-refractivity contribution < 1.29 is 17.9 Å². The molecule has 0 bridgehead atoms. The summed E-state index contributed by atoms with van der Waals surface area (Å²) in [5, 5.41) is 7.49. The molecule has 0 saturated heterocycles. The number of aliphatic imine (C=N–C) groups is 1. The molecule has 0 aliphatic rings. The number of hydrogen-bond acceptors (Lipinski definition) is 4. The molecule has 5 nitrogen and oxygen atoms in total. The van der Waals surface area contributed by atoms with E-state index in [2.05, 4.69) is 20.6 Å². The van der Waals surface area contributed by atoms with Gasteiger partial charge in [0.15, 0.2) is 11.7 Å². The number of rotatable bonds is 8. The van der Waals surface area contributed by atoms with Gasteiger partial charge in [-0.3, -0.25) is 4.99 Å². The van der Waals surface area contributed by atoms with E-state index in [9.17, 15) is 13.2 Å². The molecule has 0 radical (unpaired) electrons. The normalized spacial score (nSPS) is 12.1. The minimum Gasteiger partial charge on any atom is -0.372 e. The van der Waals surface area contributed by atoms with Crippen molar-refractivity contribution in [2.24, 2.45) is 4.99 Å². The van der Waals surface area contributed by atoms with Crippen LogP contribution in [-0.4, -0.2) is 18.0 Å². The van der Waals surface area contributed by atoms with Crippen molar-refractivity contribution in [2.75, 3.05) is 7.05 Å². The highest BCUT2D eigenvalue weighted by Gasteiger charge is 2.33. The molecule has 9 heteroatoms. The number of alkyl halides is 3. The molecule has 164 valence electrons. The summed E-state index contributed by atoms with van der Waals surface area (Å²) >= 11 is 0.961. The first kappa shape index (κ1) is 22.8. The molecule has 2 aromatic carbocycles. The predicted octanol–water partition coefficient (Wildman–Crippen LogP) is 4.74. The summed E-state index contributed by atoms with van der Waals surface area (Å²) in [5.41, 5.74) is 2.35. The van der Waals surface area contributed by atoms with Crippen molar-refractivity contribution in [3.63, 3.8) is 0 Å². The van der Waals surface area contributed by atoms with E-state index in [1.165, 1.54) is 0 Å². The Morgan fingerprint density at radius 1 is 0.968 bits per heavy atom. The number of nitrogens with one attached hydrogen (secondary N) is 2. The fourth-order valence-corrected chi connectivity index (χ4v) is 3.52. The summed E-state index contributed by atoms with van der Waals surface area (Å²) in [6.07, 6.45) is -4.43. The molecule has 3 aromatic rings. The van der Waals surface area contributed by atoms with Gasteiger partial charge in [0, 0.05) is 19.0 Å². The second-order valence-electron chi connectivity index (χ2n) is 6.70. The Morgan fingerprint density at radius 2 is 1.65 bits per heavy atom. The van der Waals surface area contributed by atoms with Gasteiger partial charge in [0.25, 0.3) is 0 Å². The lowest BCUT2D eigenvalue weighted by Crippen LogP contribution is -2.36. The minimum absolute atomic E-state index is 0.161. The van der Waals surface area contributed by atoms with Gasteiger partial charge >= 0.3 is 6.18 Å². The maximum Gasteiger partial charge on any atom is 0.434 e. The Bertz CT molecular complexity index is 990. The molecule has 0 amide bonds. The Hall–Kier alpha value is -2.91. The van der Waals surface area contributed by atoms with Crippen LogP contribution in [0.4, 0.5) is 13.2 Å². The monoisotopic (exact) mass is 448 g/mol. The maximum atomic E-state index is 12.7. The lowest BCUT2D eigenvalue weighted by molar-refractivity contribution is -0.140. The molecule has 0 aliphatic carbocycles. The van der Waals surface area contributed by atoms with Gasteiger partial charge in [-0.2, -0.15) is 13.2 Å². The average molecular weight is 449 g/mol. The molecular formula is C22H23F3N4OS. The second kappa shape index (κ2) is 10.9. The SMILES string of the molecule is CN=C(NCc1cccc(COCc2ccccc2)c1)NCc1nc(C(F)(F)F)cs1. The number of nitrogens with zero attached hydrogens (tertiary/aromatic N) is 2. The highest BCUT2D eigenvalue weighted by Crippen LogP contribution is 2.29. The first-order chi connectivity index (χ1) is 14.9. The summed E-state index contributed by atoms with van der Waals surface area (Å²) in [6, 6.07) is 18.0. The van der Waals surface area contributed by atoms with Crippen LogP contribution >= 0.6 is 11.3 Å². The van der Waals surface area contributed by atoms with Crippen LogP contribution < -0.4 is 10.6 Å². The van der Waals surface area contributed by atoms with Gasteiger partial charge < -0.3 is 15.4 Å². The Balaban J connectivity index is 1.45. The van der Waals surface area contributed by atoms with Crippen LogP contribution in [0.15, 0.2) is 65.0 Å². The van der Waals surface area contributed by atoms with E-state index >= 15 is 0 Å². The third-order valence-electron chi connectivity index (χ3n) is 4.30. The number of guanidine groups is 1. The number of ether oxygens (including phenoxy) is 1. The first-order valence-corrected chi connectivity index (χ1v) is 10.5. The molecule has 0 atom stereocenters. The summed E-state index contributed by atoms with van der Waals surface area (Å²) in [6.45, 7) is 1.72. The van der Waals surface area contributed by atoms with Crippen LogP contribution in [0.1, 0.15) is 27.4 Å². The van der Waals surface area contributed by atoms with E-state index in [4.69, 9.17) is 4.74 Å². The van der Waals surface area contributed by atoms with Gasteiger partial charge in [-0.25, -0.2) is 4.98 Å². The van der Waals surface area contributed by atoms with Crippen LogP contribution in [0.3, 0.4) is 0 Å². The predicted molar refractivity (Wildman–Crippen MR) is 116 cm³/mol. The van der Waals surface area contributed by atoms with Gasteiger partial charge in [-0.1, -0.05) is 54.6 Å². The van der Waals surface area contributed by atoms with Gasteiger partial charge in [-0.05, 0) is 16.7 Å². The van der Waals surface area contributed by atoms with Crippen molar-refractivity contribution in [1.82, 2.24) is 15.6 Å². The summed E-state index contributed by atoms with van der Waals surface area (Å²) in [7, 11) is 1.60. The molecule has 2 N–H and O–H groups in total. The zero-order valence-electron chi connectivity index (χ0n) is 16.9. The van der Waals surface area contributed by atoms with E-state index < -0.39 is 11.9 Å². The molecule has 31 heavy (non-hydrogen) atoms. The Labute approximate surface area is 183 Å². The molecule has 0 aliphatic heterocycles. The van der Waals surface area contributed by atoms with Gasteiger partial charge in [0.2, 0.25) is 0 Å². The van der Waals surface area contributed by atoms with Crippen molar-refractivity contribution in [2.45, 2.75) is 32.5 Å². The minimum atomic E-state index is -4.43. The molecule has 3 rings (SSSR count). The largest absolute Gasteiger partial charge is 0.434 e. The topological polar surface area (TPSA) is 58.5 Å². The van der Waals surface area contributed by atoms with E-state index in [1.54, 1.807) is 7.05 Å². The lowest BCUT2D eigenvalue weighted by atomic mass is 10.1. The van der Waals surface area contributed by atoms with Crippen molar-refractivity contribution in [3.05, 3.63) is 87.4 Å². The Morgan fingerprint density at radius 3 is 2.35 bits per heavy atom. The van der Waals surface area contributed by atoms with E-state index in [0.717, 1.165) is 33.4 Å². The van der Waals surface area contributed by atoms with Crippen molar-refractivity contribution >= 4 is 17.3 Å². The maximum absolute atomic E-state index is 12.7. The molecule has 0 unspecified atom stereocenters. The fourth-order valence-electron chi connectivity index (χ4n) is 2.78. The van der Waals surface area contributed by atoms with E-state index in [1.807, 2.05) is 54.6 Å².